The van der Waals surface area contributed by atoms with Gasteiger partial charge in [0.25, 0.3) is 0 Å². The summed E-state index contributed by atoms with van der Waals surface area (Å²) in [7, 11) is 0. The average molecular weight is 279 g/mol. The Morgan fingerprint density at radius 3 is 2.60 bits per heavy atom. The molecule has 0 fully saturated rings. The molecule has 0 amide bonds. The summed E-state index contributed by atoms with van der Waals surface area (Å²) in [5.41, 5.74) is 1.78. The Bertz CT molecular complexity index is 479. The van der Waals surface area contributed by atoms with E-state index in [0.717, 1.165) is 17.7 Å². The molecule has 112 valence electrons. The third-order valence-electron chi connectivity index (χ3n) is 3.91. The molecule has 0 saturated carbocycles. The Labute approximate surface area is 120 Å². The van der Waals surface area contributed by atoms with Crippen molar-refractivity contribution >= 4 is 0 Å². The summed E-state index contributed by atoms with van der Waals surface area (Å²) in [6, 6.07) is 3.39. The lowest BCUT2D eigenvalue weighted by molar-refractivity contribution is -0.0774. The maximum absolute atomic E-state index is 10.1. The molecule has 1 aromatic rings. The third kappa shape index (κ3) is 2.91. The maximum Gasteiger partial charge on any atom is 0.161 e. The van der Waals surface area contributed by atoms with Crippen molar-refractivity contribution < 1.29 is 14.9 Å². The van der Waals surface area contributed by atoms with Gasteiger partial charge in [0.05, 0.1) is 12.2 Å². The first kappa shape index (κ1) is 15.1. The van der Waals surface area contributed by atoms with Gasteiger partial charge in [-0.3, -0.25) is 0 Å². The number of ether oxygens (including phenoxy) is 1. The lowest BCUT2D eigenvalue weighted by Gasteiger charge is -2.39. The van der Waals surface area contributed by atoms with Crippen LogP contribution in [0.5, 0.6) is 11.5 Å². The second-order valence-corrected chi connectivity index (χ2v) is 6.49. The summed E-state index contributed by atoms with van der Waals surface area (Å²) in [6.07, 6.45) is 0.558. The van der Waals surface area contributed by atoms with Crippen LogP contribution < -0.4 is 5.32 Å². The third-order valence-corrected chi connectivity index (χ3v) is 3.91. The standard InChI is InChI=1S/C16H25NO3/c1-5-17-9-13-10-6-7-12(18)15(19)11(10)8-14(20-13)16(2,3)4/h6-7,13-14,17-19H,5,8-9H2,1-4H3/t13-,14-/m0/s1. The van der Waals surface area contributed by atoms with Crippen molar-refractivity contribution in [3.8, 4) is 11.5 Å². The molecule has 1 aliphatic heterocycles. The molecule has 4 nitrogen and oxygen atoms in total. The van der Waals surface area contributed by atoms with E-state index < -0.39 is 0 Å². The number of hydrogen-bond acceptors (Lipinski definition) is 4. The molecule has 20 heavy (non-hydrogen) atoms. The maximum atomic E-state index is 10.1. The Hall–Kier alpha value is -1.26. The van der Waals surface area contributed by atoms with Crippen molar-refractivity contribution in [2.45, 2.75) is 46.3 Å². The van der Waals surface area contributed by atoms with Crippen LogP contribution in [0.25, 0.3) is 0 Å². The predicted octanol–water partition coefficient (Wildman–Crippen LogP) is 2.74. The molecule has 2 rings (SSSR count). The quantitative estimate of drug-likeness (QED) is 0.745. The molecule has 0 aliphatic carbocycles. The van der Waals surface area contributed by atoms with E-state index >= 15 is 0 Å². The Kier molecular flexibility index (Phi) is 4.25. The minimum Gasteiger partial charge on any atom is -0.504 e. The Balaban J connectivity index is 2.38. The summed E-state index contributed by atoms with van der Waals surface area (Å²) >= 11 is 0. The number of likely N-dealkylation sites (N-methyl/N-ethyl adjacent to an activating group) is 1. The summed E-state index contributed by atoms with van der Waals surface area (Å²) < 4.78 is 6.22. The second-order valence-electron chi connectivity index (χ2n) is 6.49. The summed E-state index contributed by atoms with van der Waals surface area (Å²) in [4.78, 5) is 0. The number of benzene rings is 1. The van der Waals surface area contributed by atoms with Crippen molar-refractivity contribution in [3.63, 3.8) is 0 Å². The lowest BCUT2D eigenvalue weighted by Crippen LogP contribution is -2.39. The average Bonchev–Trinajstić information content (AvgIpc) is 2.39. The van der Waals surface area contributed by atoms with E-state index in [2.05, 4.69) is 33.0 Å². The van der Waals surface area contributed by atoms with Crippen LogP contribution in [0.4, 0.5) is 0 Å². The molecule has 0 unspecified atom stereocenters. The van der Waals surface area contributed by atoms with Gasteiger partial charge in [-0.1, -0.05) is 33.8 Å². The molecule has 2 atom stereocenters. The highest BCUT2D eigenvalue weighted by atomic mass is 16.5. The SMILES string of the molecule is CCNC[C@@H]1O[C@H](C(C)(C)C)Cc2c1ccc(O)c2O. The molecule has 0 radical (unpaired) electrons. The number of phenols is 2. The predicted molar refractivity (Wildman–Crippen MR) is 79.1 cm³/mol. The molecule has 0 spiro atoms. The van der Waals surface area contributed by atoms with Crippen molar-refractivity contribution in [1.82, 2.24) is 5.32 Å². The van der Waals surface area contributed by atoms with Crippen molar-refractivity contribution in [3.05, 3.63) is 23.3 Å². The Morgan fingerprint density at radius 2 is 2.00 bits per heavy atom. The van der Waals surface area contributed by atoms with E-state index in [9.17, 15) is 10.2 Å². The molecule has 3 N–H and O–H groups in total. The highest BCUT2D eigenvalue weighted by Gasteiger charge is 2.36. The molecule has 1 aliphatic rings. The molecular weight excluding hydrogens is 254 g/mol. The van der Waals surface area contributed by atoms with Gasteiger partial charge in [0.2, 0.25) is 0 Å². The largest absolute Gasteiger partial charge is 0.504 e. The van der Waals surface area contributed by atoms with Gasteiger partial charge in [0, 0.05) is 18.5 Å². The number of nitrogens with one attached hydrogen (secondary N) is 1. The van der Waals surface area contributed by atoms with Crippen molar-refractivity contribution in [1.29, 1.82) is 0 Å². The van der Waals surface area contributed by atoms with E-state index in [1.54, 1.807) is 0 Å². The summed E-state index contributed by atoms with van der Waals surface area (Å²) in [5.74, 6) is -0.0536. The van der Waals surface area contributed by atoms with Crippen molar-refractivity contribution in [2.24, 2.45) is 5.41 Å². The minimum absolute atomic E-state index is 0.00143. The van der Waals surface area contributed by atoms with Crippen LogP contribution in [-0.2, 0) is 11.2 Å². The normalized spacial score (nSPS) is 22.6. The fourth-order valence-electron chi connectivity index (χ4n) is 2.60. The molecule has 1 heterocycles. The molecular formula is C16H25NO3. The summed E-state index contributed by atoms with van der Waals surface area (Å²) in [5, 5.41) is 23.2. The van der Waals surface area contributed by atoms with Crippen molar-refractivity contribution in [2.75, 3.05) is 13.1 Å². The fraction of sp³-hybridized carbons (Fsp3) is 0.625. The van der Waals surface area contributed by atoms with Gasteiger partial charge in [-0.25, -0.2) is 0 Å². The van der Waals surface area contributed by atoms with Crippen LogP contribution in [0.3, 0.4) is 0 Å². The molecule has 1 aromatic carbocycles. The van der Waals surface area contributed by atoms with Gasteiger partial charge in [-0.05, 0) is 23.6 Å². The van der Waals surface area contributed by atoms with Gasteiger partial charge >= 0.3 is 0 Å². The number of rotatable bonds is 3. The van der Waals surface area contributed by atoms with E-state index in [1.165, 1.54) is 6.07 Å². The first-order valence-corrected chi connectivity index (χ1v) is 7.24. The Morgan fingerprint density at radius 1 is 1.30 bits per heavy atom. The van der Waals surface area contributed by atoms with Gasteiger partial charge in [0.1, 0.15) is 0 Å². The van der Waals surface area contributed by atoms with Gasteiger partial charge in [-0.2, -0.15) is 0 Å². The van der Waals surface area contributed by atoms with Crippen LogP contribution in [-0.4, -0.2) is 29.4 Å². The van der Waals surface area contributed by atoms with Crippen LogP contribution in [0, 0.1) is 5.41 Å². The van der Waals surface area contributed by atoms with E-state index in [-0.39, 0.29) is 29.1 Å². The topological polar surface area (TPSA) is 61.7 Å². The van der Waals surface area contributed by atoms with Gasteiger partial charge < -0.3 is 20.3 Å². The molecule has 0 saturated heterocycles. The zero-order valence-electron chi connectivity index (χ0n) is 12.7. The van der Waals surface area contributed by atoms with Gasteiger partial charge in [-0.15, -0.1) is 0 Å². The smallest absolute Gasteiger partial charge is 0.161 e. The van der Waals surface area contributed by atoms with Crippen LogP contribution in [0.1, 0.15) is 44.9 Å². The first-order chi connectivity index (χ1) is 9.34. The van der Waals surface area contributed by atoms with Gasteiger partial charge in [0.15, 0.2) is 11.5 Å². The molecule has 0 aromatic heterocycles. The fourth-order valence-corrected chi connectivity index (χ4v) is 2.60. The zero-order chi connectivity index (χ0) is 14.9. The molecule has 0 bridgehead atoms. The highest BCUT2D eigenvalue weighted by molar-refractivity contribution is 5.51. The number of fused-ring (bicyclic) bond motifs is 1. The second kappa shape index (κ2) is 5.62. The number of phenolic OH excluding ortho intramolecular Hbond substituents is 2. The van der Waals surface area contributed by atoms with E-state index in [1.807, 2.05) is 6.07 Å². The van der Waals surface area contributed by atoms with Crippen LogP contribution >= 0.6 is 0 Å². The van der Waals surface area contributed by atoms with Crippen LogP contribution in [0.15, 0.2) is 12.1 Å². The minimum atomic E-state index is -0.0885. The zero-order valence-corrected chi connectivity index (χ0v) is 12.7. The van der Waals surface area contributed by atoms with E-state index in [4.69, 9.17) is 4.74 Å². The monoisotopic (exact) mass is 279 g/mol. The molecule has 4 heteroatoms. The summed E-state index contributed by atoms with van der Waals surface area (Å²) in [6.45, 7) is 10.0. The highest BCUT2D eigenvalue weighted by Crippen LogP contribution is 2.43. The first-order valence-electron chi connectivity index (χ1n) is 7.24. The number of aromatic hydroxyl groups is 2. The van der Waals surface area contributed by atoms with E-state index in [0.29, 0.717) is 13.0 Å². The lowest BCUT2D eigenvalue weighted by atomic mass is 9.81. The number of hydrogen-bond donors (Lipinski definition) is 3. The van der Waals surface area contributed by atoms with Crippen LogP contribution in [0.2, 0.25) is 0 Å².